The largest absolute Gasteiger partial charge is 0.387 e. The number of thiophene rings is 1. The molecular weight excluding hydrogens is 240 g/mol. The van der Waals surface area contributed by atoms with E-state index in [1.807, 2.05) is 0 Å². The molecule has 0 fully saturated rings. The number of primary amides is 1. The maximum atomic E-state index is 11.4. The number of carbonyl (C=O) groups excluding carboxylic acids is 2. The molecule has 92 valence electrons. The molecule has 0 spiro atoms. The van der Waals surface area contributed by atoms with E-state index in [-0.39, 0.29) is 0 Å². The van der Waals surface area contributed by atoms with Crippen molar-refractivity contribution in [3.8, 4) is 0 Å². The number of carbonyl (C=O) groups is 2. The number of hydrogen-bond acceptors (Lipinski definition) is 4. The van der Waals surface area contributed by atoms with E-state index in [2.05, 4.69) is 5.32 Å². The molecule has 2 rings (SSSR count). The Labute approximate surface area is 103 Å². The summed E-state index contributed by atoms with van der Waals surface area (Å²) in [4.78, 5) is 23.7. The Morgan fingerprint density at radius 2 is 2.06 bits per heavy atom. The summed E-state index contributed by atoms with van der Waals surface area (Å²) in [6.07, 6.45) is 3.89. The molecule has 0 unspecified atom stereocenters. The molecule has 1 heterocycles. The van der Waals surface area contributed by atoms with Gasteiger partial charge in [0.05, 0.1) is 5.56 Å². The smallest absolute Gasteiger partial charge is 0.251 e. The van der Waals surface area contributed by atoms with Gasteiger partial charge in [0, 0.05) is 4.88 Å². The lowest BCUT2D eigenvalue weighted by molar-refractivity contribution is -0.118. The molecule has 0 saturated heterocycles. The zero-order valence-corrected chi connectivity index (χ0v) is 10.1. The summed E-state index contributed by atoms with van der Waals surface area (Å²) in [6, 6.07) is 0. The normalized spacial score (nSPS) is 14.2. The maximum Gasteiger partial charge on any atom is 0.251 e. The van der Waals surface area contributed by atoms with E-state index >= 15 is 0 Å². The number of aryl methyl sites for hydroxylation is 1. The van der Waals surface area contributed by atoms with Gasteiger partial charge >= 0.3 is 0 Å². The molecule has 0 saturated carbocycles. The van der Waals surface area contributed by atoms with Gasteiger partial charge in [0.25, 0.3) is 11.8 Å². The van der Waals surface area contributed by atoms with Crippen LogP contribution in [0.2, 0.25) is 0 Å². The first-order chi connectivity index (χ1) is 8.13. The first-order valence-corrected chi connectivity index (χ1v) is 6.30. The summed E-state index contributed by atoms with van der Waals surface area (Å²) in [6.45, 7) is -0.596. The summed E-state index contributed by atoms with van der Waals surface area (Å²) in [5.41, 5.74) is 6.75. The Morgan fingerprint density at radius 3 is 2.71 bits per heavy atom. The average Bonchev–Trinajstić information content (AvgIpc) is 2.66. The van der Waals surface area contributed by atoms with Gasteiger partial charge in [-0.05, 0) is 31.2 Å². The van der Waals surface area contributed by atoms with Crippen molar-refractivity contribution < 1.29 is 14.7 Å². The lowest BCUT2D eigenvalue weighted by Crippen LogP contribution is -2.20. The molecule has 0 atom stereocenters. The van der Waals surface area contributed by atoms with Crippen molar-refractivity contribution in [2.24, 2.45) is 5.73 Å². The van der Waals surface area contributed by atoms with Crippen LogP contribution in [-0.2, 0) is 17.6 Å². The quantitative estimate of drug-likeness (QED) is 0.739. The second-order valence-electron chi connectivity index (χ2n) is 3.99. The zero-order chi connectivity index (χ0) is 12.4. The van der Waals surface area contributed by atoms with Gasteiger partial charge in [-0.2, -0.15) is 0 Å². The van der Waals surface area contributed by atoms with Gasteiger partial charge in [0.2, 0.25) is 0 Å². The fourth-order valence-electron chi connectivity index (χ4n) is 2.08. The number of rotatable bonds is 3. The van der Waals surface area contributed by atoms with Gasteiger partial charge in [0.1, 0.15) is 11.6 Å². The minimum absolute atomic E-state index is 0.423. The molecule has 4 N–H and O–H groups in total. The highest BCUT2D eigenvalue weighted by molar-refractivity contribution is 7.17. The van der Waals surface area contributed by atoms with Crippen LogP contribution in [0.5, 0.6) is 0 Å². The van der Waals surface area contributed by atoms with E-state index in [4.69, 9.17) is 10.8 Å². The molecular formula is C11H14N2O3S. The SMILES string of the molecule is NC(=O)c1c(NC(=O)CO)sc2c1CCCC2. The third kappa shape index (κ3) is 2.32. The predicted octanol–water partition coefficient (Wildman–Crippen LogP) is 0.657. The van der Waals surface area contributed by atoms with Crippen molar-refractivity contribution >= 4 is 28.2 Å². The highest BCUT2D eigenvalue weighted by Gasteiger charge is 2.24. The van der Waals surface area contributed by atoms with Crippen molar-refractivity contribution in [2.75, 3.05) is 11.9 Å². The van der Waals surface area contributed by atoms with Crippen LogP contribution in [0, 0.1) is 0 Å². The molecule has 0 bridgehead atoms. The second-order valence-corrected chi connectivity index (χ2v) is 5.09. The van der Waals surface area contributed by atoms with Crippen LogP contribution in [0.1, 0.15) is 33.6 Å². The standard InChI is InChI=1S/C11H14N2O3S/c12-10(16)9-6-3-1-2-4-7(6)17-11(9)13-8(15)5-14/h14H,1-5H2,(H2,12,16)(H,13,15). The zero-order valence-electron chi connectivity index (χ0n) is 9.28. The fraction of sp³-hybridized carbons (Fsp3) is 0.455. The molecule has 1 aromatic rings. The fourth-order valence-corrected chi connectivity index (χ4v) is 3.39. The van der Waals surface area contributed by atoms with Gasteiger partial charge in [-0.15, -0.1) is 11.3 Å². The van der Waals surface area contributed by atoms with Crippen LogP contribution < -0.4 is 11.1 Å². The summed E-state index contributed by atoms with van der Waals surface area (Å²) in [5, 5.41) is 11.7. The lowest BCUT2D eigenvalue weighted by atomic mass is 9.95. The predicted molar refractivity (Wildman–Crippen MR) is 65.2 cm³/mol. The van der Waals surface area contributed by atoms with E-state index in [1.54, 1.807) is 0 Å². The number of fused-ring (bicyclic) bond motifs is 1. The molecule has 1 aliphatic carbocycles. The Hall–Kier alpha value is -1.40. The van der Waals surface area contributed by atoms with Crippen molar-refractivity contribution in [2.45, 2.75) is 25.7 Å². The van der Waals surface area contributed by atoms with Crippen LogP contribution in [-0.4, -0.2) is 23.5 Å². The van der Waals surface area contributed by atoms with Crippen molar-refractivity contribution in [1.29, 1.82) is 0 Å². The highest BCUT2D eigenvalue weighted by atomic mass is 32.1. The third-order valence-electron chi connectivity index (χ3n) is 2.81. The summed E-state index contributed by atoms with van der Waals surface area (Å²) >= 11 is 1.39. The molecule has 0 aliphatic heterocycles. The number of anilines is 1. The summed E-state index contributed by atoms with van der Waals surface area (Å²) in [5.74, 6) is -1.04. The number of aliphatic hydroxyl groups is 1. The van der Waals surface area contributed by atoms with Gasteiger partial charge in [-0.1, -0.05) is 0 Å². The molecule has 0 aromatic carbocycles. The third-order valence-corrected chi connectivity index (χ3v) is 4.02. The molecule has 1 aromatic heterocycles. The van der Waals surface area contributed by atoms with Crippen LogP contribution in [0.15, 0.2) is 0 Å². The minimum atomic E-state index is -0.596. The topological polar surface area (TPSA) is 92.4 Å². The molecule has 6 heteroatoms. The minimum Gasteiger partial charge on any atom is -0.387 e. The van der Waals surface area contributed by atoms with Gasteiger partial charge in [0.15, 0.2) is 0 Å². The van der Waals surface area contributed by atoms with Crippen LogP contribution in [0.25, 0.3) is 0 Å². The Kier molecular flexibility index (Phi) is 3.44. The van der Waals surface area contributed by atoms with Gasteiger partial charge in [-0.3, -0.25) is 9.59 Å². The van der Waals surface area contributed by atoms with E-state index < -0.39 is 18.4 Å². The van der Waals surface area contributed by atoms with Crippen LogP contribution in [0.3, 0.4) is 0 Å². The van der Waals surface area contributed by atoms with Crippen molar-refractivity contribution in [3.63, 3.8) is 0 Å². The van der Waals surface area contributed by atoms with E-state index in [1.165, 1.54) is 11.3 Å². The molecule has 0 radical (unpaired) electrons. The van der Waals surface area contributed by atoms with Crippen molar-refractivity contribution in [3.05, 3.63) is 16.0 Å². The average molecular weight is 254 g/mol. The number of hydrogen-bond donors (Lipinski definition) is 3. The van der Waals surface area contributed by atoms with Gasteiger partial charge in [-0.25, -0.2) is 0 Å². The van der Waals surface area contributed by atoms with Crippen molar-refractivity contribution in [1.82, 2.24) is 0 Å². The van der Waals surface area contributed by atoms with Crippen LogP contribution in [0.4, 0.5) is 5.00 Å². The molecule has 5 nitrogen and oxygen atoms in total. The Morgan fingerprint density at radius 1 is 1.35 bits per heavy atom. The number of aliphatic hydroxyl groups excluding tert-OH is 1. The first-order valence-electron chi connectivity index (χ1n) is 5.48. The Bertz CT molecular complexity index is 468. The van der Waals surface area contributed by atoms with Crippen LogP contribution >= 0.6 is 11.3 Å². The lowest BCUT2D eigenvalue weighted by Gasteiger charge is -2.11. The molecule has 1 aliphatic rings. The summed E-state index contributed by atoms with van der Waals surface area (Å²) in [7, 11) is 0. The maximum absolute atomic E-state index is 11.4. The Balaban J connectivity index is 2.40. The molecule has 2 amide bonds. The summed E-state index contributed by atoms with van der Waals surface area (Å²) < 4.78 is 0. The number of nitrogens with two attached hydrogens (primary N) is 1. The number of amides is 2. The van der Waals surface area contributed by atoms with Gasteiger partial charge < -0.3 is 16.2 Å². The second kappa shape index (κ2) is 4.85. The highest BCUT2D eigenvalue weighted by Crippen LogP contribution is 2.37. The monoisotopic (exact) mass is 254 g/mol. The van der Waals surface area contributed by atoms with E-state index in [0.29, 0.717) is 10.6 Å². The van der Waals surface area contributed by atoms with E-state index in [9.17, 15) is 9.59 Å². The number of nitrogens with one attached hydrogen (secondary N) is 1. The molecule has 17 heavy (non-hydrogen) atoms. The first kappa shape index (κ1) is 12.1. The van der Waals surface area contributed by atoms with E-state index in [0.717, 1.165) is 36.1 Å².